The zero-order valence-electron chi connectivity index (χ0n) is 12.6. The molecule has 2 heterocycles. The monoisotopic (exact) mass is 291 g/mol. The van der Waals surface area contributed by atoms with E-state index in [0.717, 1.165) is 5.56 Å². The largest absolute Gasteiger partial charge is 0.481 e. The van der Waals surface area contributed by atoms with Crippen LogP contribution in [0.5, 0.6) is 5.88 Å². The van der Waals surface area contributed by atoms with Gasteiger partial charge in [-0.3, -0.25) is 9.59 Å². The average molecular weight is 291 g/mol. The van der Waals surface area contributed by atoms with Crippen LogP contribution in [0.1, 0.15) is 25.8 Å². The van der Waals surface area contributed by atoms with Crippen molar-refractivity contribution in [1.82, 2.24) is 15.2 Å². The van der Waals surface area contributed by atoms with Gasteiger partial charge in [0.25, 0.3) is 0 Å². The van der Waals surface area contributed by atoms with Crippen LogP contribution in [0, 0.1) is 5.92 Å². The molecule has 1 aliphatic heterocycles. The molecular formula is C15H21N3O3. The summed E-state index contributed by atoms with van der Waals surface area (Å²) in [6.07, 6.45) is 1.93. The Morgan fingerprint density at radius 3 is 2.95 bits per heavy atom. The molecule has 1 aromatic rings. The molecular weight excluding hydrogens is 270 g/mol. The maximum absolute atomic E-state index is 12.1. The van der Waals surface area contributed by atoms with Gasteiger partial charge < -0.3 is 15.0 Å². The number of nitrogens with zero attached hydrogens (tertiary/aromatic N) is 2. The van der Waals surface area contributed by atoms with Crippen molar-refractivity contribution in [3.8, 4) is 5.88 Å². The molecule has 114 valence electrons. The van der Waals surface area contributed by atoms with Crippen LogP contribution in [0.2, 0.25) is 0 Å². The number of aromatic nitrogens is 1. The fraction of sp³-hybridized carbons (Fsp3) is 0.533. The second kappa shape index (κ2) is 6.56. The van der Waals surface area contributed by atoms with Crippen LogP contribution in [0.4, 0.5) is 0 Å². The first kappa shape index (κ1) is 15.3. The molecule has 1 fully saturated rings. The topological polar surface area (TPSA) is 71.5 Å². The standard InChI is InChI=1S/C15H21N3O3/c1-10(2)18-9-12(7-14(18)19)15(20)17-8-11-4-5-16-13(6-11)21-3/h4-6,10,12H,7-9H2,1-3H3,(H,17,20)/t12-/m1/s1. The molecule has 1 N–H and O–H groups in total. The molecule has 0 bridgehead atoms. The average Bonchev–Trinajstić information content (AvgIpc) is 2.87. The van der Waals surface area contributed by atoms with E-state index in [2.05, 4.69) is 10.3 Å². The van der Waals surface area contributed by atoms with Gasteiger partial charge in [-0.25, -0.2) is 4.98 Å². The van der Waals surface area contributed by atoms with E-state index in [4.69, 9.17) is 4.74 Å². The third-order valence-electron chi connectivity index (χ3n) is 3.63. The van der Waals surface area contributed by atoms with E-state index in [0.29, 0.717) is 25.4 Å². The Labute approximate surface area is 124 Å². The second-order valence-electron chi connectivity index (χ2n) is 5.47. The normalized spacial score (nSPS) is 18.2. The Balaban J connectivity index is 1.89. The summed E-state index contributed by atoms with van der Waals surface area (Å²) in [6.45, 7) is 4.83. The molecule has 1 saturated heterocycles. The number of likely N-dealkylation sites (tertiary alicyclic amines) is 1. The number of hydrogen-bond acceptors (Lipinski definition) is 4. The fourth-order valence-corrected chi connectivity index (χ4v) is 2.41. The number of carbonyl (C=O) groups excluding carboxylic acids is 2. The van der Waals surface area contributed by atoms with Gasteiger partial charge in [0.2, 0.25) is 17.7 Å². The van der Waals surface area contributed by atoms with Crippen LogP contribution < -0.4 is 10.1 Å². The first-order valence-electron chi connectivity index (χ1n) is 7.07. The van der Waals surface area contributed by atoms with Gasteiger partial charge in [-0.1, -0.05) is 0 Å². The lowest BCUT2D eigenvalue weighted by atomic mass is 10.1. The van der Waals surface area contributed by atoms with Crippen LogP contribution in [-0.4, -0.2) is 41.4 Å². The van der Waals surface area contributed by atoms with Gasteiger partial charge in [-0.2, -0.15) is 0 Å². The quantitative estimate of drug-likeness (QED) is 0.877. The van der Waals surface area contributed by atoms with Crippen molar-refractivity contribution in [2.75, 3.05) is 13.7 Å². The van der Waals surface area contributed by atoms with Gasteiger partial charge in [0, 0.05) is 37.8 Å². The number of hydrogen-bond donors (Lipinski definition) is 1. The lowest BCUT2D eigenvalue weighted by Crippen LogP contribution is -2.35. The summed E-state index contributed by atoms with van der Waals surface area (Å²) in [4.78, 5) is 29.7. The van der Waals surface area contributed by atoms with E-state index >= 15 is 0 Å². The third-order valence-corrected chi connectivity index (χ3v) is 3.63. The number of ether oxygens (including phenoxy) is 1. The smallest absolute Gasteiger partial charge is 0.225 e. The van der Waals surface area contributed by atoms with Crippen molar-refractivity contribution in [2.24, 2.45) is 5.92 Å². The van der Waals surface area contributed by atoms with E-state index in [1.807, 2.05) is 19.9 Å². The van der Waals surface area contributed by atoms with Gasteiger partial charge in [0.1, 0.15) is 0 Å². The predicted octanol–water partition coefficient (Wildman–Crippen LogP) is 0.963. The number of nitrogens with one attached hydrogen (secondary N) is 1. The highest BCUT2D eigenvalue weighted by Crippen LogP contribution is 2.20. The summed E-state index contributed by atoms with van der Waals surface area (Å²) in [7, 11) is 1.55. The zero-order chi connectivity index (χ0) is 15.4. The Bertz CT molecular complexity index is 531. The molecule has 1 aliphatic rings. The highest BCUT2D eigenvalue weighted by Gasteiger charge is 2.35. The third kappa shape index (κ3) is 3.71. The molecule has 0 aliphatic carbocycles. The summed E-state index contributed by atoms with van der Waals surface area (Å²) >= 11 is 0. The summed E-state index contributed by atoms with van der Waals surface area (Å²) in [5.41, 5.74) is 0.917. The van der Waals surface area contributed by atoms with E-state index in [1.165, 1.54) is 0 Å². The number of rotatable bonds is 5. The van der Waals surface area contributed by atoms with Gasteiger partial charge in [-0.15, -0.1) is 0 Å². The maximum Gasteiger partial charge on any atom is 0.225 e. The van der Waals surface area contributed by atoms with Gasteiger partial charge in [-0.05, 0) is 25.5 Å². The van der Waals surface area contributed by atoms with E-state index in [-0.39, 0.29) is 23.8 Å². The van der Waals surface area contributed by atoms with Gasteiger partial charge in [0.15, 0.2) is 0 Å². The molecule has 2 amide bonds. The number of methoxy groups -OCH3 is 1. The lowest BCUT2D eigenvalue weighted by Gasteiger charge is -2.20. The highest BCUT2D eigenvalue weighted by atomic mass is 16.5. The van der Waals surface area contributed by atoms with Crippen LogP contribution in [0.3, 0.4) is 0 Å². The molecule has 0 radical (unpaired) electrons. The Hall–Kier alpha value is -2.11. The summed E-state index contributed by atoms with van der Waals surface area (Å²) in [6, 6.07) is 3.74. The Kier molecular flexibility index (Phi) is 4.77. The van der Waals surface area contributed by atoms with E-state index in [9.17, 15) is 9.59 Å². The molecule has 2 rings (SSSR count). The van der Waals surface area contributed by atoms with Crippen LogP contribution in [0.15, 0.2) is 18.3 Å². The predicted molar refractivity (Wildman–Crippen MR) is 77.6 cm³/mol. The zero-order valence-corrected chi connectivity index (χ0v) is 12.6. The summed E-state index contributed by atoms with van der Waals surface area (Å²) < 4.78 is 5.04. The lowest BCUT2D eigenvalue weighted by molar-refractivity contribution is -0.129. The second-order valence-corrected chi connectivity index (χ2v) is 5.47. The molecule has 6 nitrogen and oxygen atoms in total. The fourth-order valence-electron chi connectivity index (χ4n) is 2.41. The maximum atomic E-state index is 12.1. The summed E-state index contributed by atoms with van der Waals surface area (Å²) in [5, 5.41) is 2.87. The molecule has 0 unspecified atom stereocenters. The minimum absolute atomic E-state index is 0.0516. The molecule has 21 heavy (non-hydrogen) atoms. The Morgan fingerprint density at radius 1 is 1.57 bits per heavy atom. The minimum atomic E-state index is -0.261. The van der Waals surface area contributed by atoms with Crippen LogP contribution >= 0.6 is 0 Å². The molecule has 0 aromatic carbocycles. The van der Waals surface area contributed by atoms with Crippen LogP contribution in [0.25, 0.3) is 0 Å². The Morgan fingerprint density at radius 2 is 2.33 bits per heavy atom. The number of pyridine rings is 1. The molecule has 6 heteroatoms. The molecule has 1 aromatic heterocycles. The van der Waals surface area contributed by atoms with Crippen molar-refractivity contribution in [3.63, 3.8) is 0 Å². The van der Waals surface area contributed by atoms with E-state index in [1.54, 1.807) is 24.3 Å². The first-order valence-corrected chi connectivity index (χ1v) is 7.07. The van der Waals surface area contributed by atoms with Gasteiger partial charge >= 0.3 is 0 Å². The van der Waals surface area contributed by atoms with Crippen molar-refractivity contribution in [2.45, 2.75) is 32.9 Å². The SMILES string of the molecule is COc1cc(CNC(=O)[C@@H]2CC(=O)N(C(C)C)C2)ccn1. The van der Waals surface area contributed by atoms with Crippen molar-refractivity contribution >= 4 is 11.8 Å². The molecule has 0 saturated carbocycles. The first-order chi connectivity index (χ1) is 10.0. The van der Waals surface area contributed by atoms with Crippen molar-refractivity contribution in [1.29, 1.82) is 0 Å². The van der Waals surface area contributed by atoms with Crippen molar-refractivity contribution in [3.05, 3.63) is 23.9 Å². The number of carbonyl (C=O) groups is 2. The van der Waals surface area contributed by atoms with Crippen LogP contribution in [-0.2, 0) is 16.1 Å². The summed E-state index contributed by atoms with van der Waals surface area (Å²) in [5.74, 6) is 0.227. The highest BCUT2D eigenvalue weighted by molar-refractivity contribution is 5.89. The van der Waals surface area contributed by atoms with Crippen molar-refractivity contribution < 1.29 is 14.3 Å². The molecule has 1 atom stereocenters. The number of amides is 2. The minimum Gasteiger partial charge on any atom is -0.481 e. The van der Waals surface area contributed by atoms with E-state index < -0.39 is 0 Å². The van der Waals surface area contributed by atoms with Gasteiger partial charge in [0.05, 0.1) is 13.0 Å². The molecule has 0 spiro atoms.